The average molecular weight is 389 g/mol. The van der Waals surface area contributed by atoms with Crippen LogP contribution < -0.4 is 15.4 Å². The SMILES string of the molecule is CC(C)CNC(=O)c1ccccc1NC(=O)c1ccc(NS(C)(=O)=O)cc1. The summed E-state index contributed by atoms with van der Waals surface area (Å²) in [5.74, 6) is -0.341. The second-order valence-corrected chi connectivity index (χ2v) is 8.30. The summed E-state index contributed by atoms with van der Waals surface area (Å²) in [6.07, 6.45) is 1.05. The maximum Gasteiger partial charge on any atom is 0.255 e. The van der Waals surface area contributed by atoms with E-state index in [0.717, 1.165) is 6.26 Å². The fraction of sp³-hybridized carbons (Fsp3) is 0.263. The monoisotopic (exact) mass is 389 g/mol. The van der Waals surface area contributed by atoms with E-state index in [1.54, 1.807) is 24.3 Å². The lowest BCUT2D eigenvalue weighted by molar-refractivity contribution is 0.0950. The van der Waals surface area contributed by atoms with Crippen molar-refractivity contribution in [2.45, 2.75) is 13.8 Å². The van der Waals surface area contributed by atoms with Crippen LogP contribution >= 0.6 is 0 Å². The summed E-state index contributed by atoms with van der Waals surface area (Å²) in [6, 6.07) is 12.8. The summed E-state index contributed by atoms with van der Waals surface area (Å²) in [6.45, 7) is 4.53. The topological polar surface area (TPSA) is 104 Å². The van der Waals surface area contributed by atoms with E-state index in [4.69, 9.17) is 0 Å². The number of para-hydroxylation sites is 1. The molecule has 0 aliphatic rings. The summed E-state index contributed by atoms with van der Waals surface area (Å²) in [5.41, 5.74) is 1.48. The molecule has 2 rings (SSSR count). The molecule has 0 heterocycles. The van der Waals surface area contributed by atoms with Gasteiger partial charge in [-0.05, 0) is 42.3 Å². The summed E-state index contributed by atoms with van der Waals surface area (Å²) < 4.78 is 24.8. The third-order valence-electron chi connectivity index (χ3n) is 3.54. The molecule has 0 bridgehead atoms. The zero-order valence-corrected chi connectivity index (χ0v) is 16.3. The molecule has 3 N–H and O–H groups in total. The van der Waals surface area contributed by atoms with E-state index in [1.165, 1.54) is 24.3 Å². The average Bonchev–Trinajstić information content (AvgIpc) is 2.59. The molecule has 27 heavy (non-hydrogen) atoms. The minimum absolute atomic E-state index is 0.257. The van der Waals surface area contributed by atoms with Crippen LogP contribution in [0.25, 0.3) is 0 Å². The quantitative estimate of drug-likeness (QED) is 0.677. The van der Waals surface area contributed by atoms with Gasteiger partial charge in [-0.3, -0.25) is 14.3 Å². The van der Waals surface area contributed by atoms with Crippen LogP contribution in [0.4, 0.5) is 11.4 Å². The van der Waals surface area contributed by atoms with Crippen molar-refractivity contribution in [2.24, 2.45) is 5.92 Å². The van der Waals surface area contributed by atoms with E-state index in [0.29, 0.717) is 35.0 Å². The zero-order chi connectivity index (χ0) is 20.0. The van der Waals surface area contributed by atoms with E-state index in [9.17, 15) is 18.0 Å². The molecular formula is C19H23N3O4S. The number of rotatable bonds is 7. The van der Waals surface area contributed by atoms with Gasteiger partial charge in [0.15, 0.2) is 0 Å². The molecule has 2 amide bonds. The third-order valence-corrected chi connectivity index (χ3v) is 4.15. The number of amides is 2. The predicted octanol–water partition coefficient (Wildman–Crippen LogP) is 2.70. The fourth-order valence-electron chi connectivity index (χ4n) is 2.28. The molecule has 0 spiro atoms. The van der Waals surface area contributed by atoms with Gasteiger partial charge in [0.1, 0.15) is 0 Å². The Balaban J connectivity index is 2.13. The molecule has 0 fully saturated rings. The van der Waals surface area contributed by atoms with Crippen molar-refractivity contribution >= 4 is 33.2 Å². The van der Waals surface area contributed by atoms with Gasteiger partial charge in [-0.1, -0.05) is 26.0 Å². The van der Waals surface area contributed by atoms with Crippen molar-refractivity contribution in [1.29, 1.82) is 0 Å². The maximum atomic E-state index is 12.5. The predicted molar refractivity (Wildman–Crippen MR) is 106 cm³/mol. The molecule has 7 nitrogen and oxygen atoms in total. The Kier molecular flexibility index (Phi) is 6.57. The van der Waals surface area contributed by atoms with Crippen molar-refractivity contribution in [3.8, 4) is 0 Å². The molecule has 0 unspecified atom stereocenters. The minimum atomic E-state index is -3.38. The van der Waals surface area contributed by atoms with Crippen LogP contribution in [0.5, 0.6) is 0 Å². The van der Waals surface area contributed by atoms with Crippen LogP contribution in [0, 0.1) is 5.92 Å². The van der Waals surface area contributed by atoms with E-state index in [2.05, 4.69) is 15.4 Å². The van der Waals surface area contributed by atoms with Crippen molar-refractivity contribution < 1.29 is 18.0 Å². The first-order valence-electron chi connectivity index (χ1n) is 8.42. The fourth-order valence-corrected chi connectivity index (χ4v) is 2.84. The van der Waals surface area contributed by atoms with Gasteiger partial charge in [-0.25, -0.2) is 8.42 Å². The van der Waals surface area contributed by atoms with E-state index >= 15 is 0 Å². The van der Waals surface area contributed by atoms with Gasteiger partial charge in [-0.15, -0.1) is 0 Å². The van der Waals surface area contributed by atoms with Crippen molar-refractivity contribution in [1.82, 2.24) is 5.32 Å². The number of carbonyl (C=O) groups excluding carboxylic acids is 2. The van der Waals surface area contributed by atoms with Crippen LogP contribution in [0.2, 0.25) is 0 Å². The summed E-state index contributed by atoms with van der Waals surface area (Å²) >= 11 is 0. The molecule has 0 aromatic heterocycles. The molecule has 0 saturated carbocycles. The molecule has 0 aliphatic carbocycles. The van der Waals surface area contributed by atoms with Gasteiger partial charge in [0.25, 0.3) is 11.8 Å². The highest BCUT2D eigenvalue weighted by Gasteiger charge is 2.14. The molecular weight excluding hydrogens is 366 g/mol. The third kappa shape index (κ3) is 6.41. The largest absolute Gasteiger partial charge is 0.352 e. The first-order valence-corrected chi connectivity index (χ1v) is 10.3. The molecule has 144 valence electrons. The first kappa shape index (κ1) is 20.4. The highest BCUT2D eigenvalue weighted by atomic mass is 32.2. The number of benzene rings is 2. The first-order chi connectivity index (χ1) is 12.7. The second kappa shape index (κ2) is 8.68. The van der Waals surface area contributed by atoms with E-state index < -0.39 is 15.9 Å². The van der Waals surface area contributed by atoms with Crippen LogP contribution in [0.15, 0.2) is 48.5 Å². The summed E-state index contributed by atoms with van der Waals surface area (Å²) in [7, 11) is -3.38. The number of hydrogen-bond acceptors (Lipinski definition) is 4. The van der Waals surface area contributed by atoms with E-state index in [1.807, 2.05) is 13.8 Å². The highest BCUT2D eigenvalue weighted by Crippen LogP contribution is 2.17. The molecule has 0 atom stereocenters. The highest BCUT2D eigenvalue weighted by molar-refractivity contribution is 7.92. The number of hydrogen-bond donors (Lipinski definition) is 3. The Bertz CT molecular complexity index is 922. The Hall–Kier alpha value is -2.87. The zero-order valence-electron chi connectivity index (χ0n) is 15.4. The van der Waals surface area contributed by atoms with Gasteiger partial charge >= 0.3 is 0 Å². The lowest BCUT2D eigenvalue weighted by Crippen LogP contribution is -2.28. The standard InChI is InChI=1S/C19H23N3O4S/c1-13(2)12-20-19(24)16-6-4-5-7-17(16)21-18(23)14-8-10-15(11-9-14)22-27(3,25)26/h4-11,13,22H,12H2,1-3H3,(H,20,24)(H,21,23). The molecule has 2 aromatic carbocycles. The smallest absolute Gasteiger partial charge is 0.255 e. The van der Waals surface area contributed by atoms with Crippen LogP contribution in [0.1, 0.15) is 34.6 Å². The Morgan fingerprint density at radius 2 is 1.59 bits per heavy atom. The number of nitrogens with one attached hydrogen (secondary N) is 3. The van der Waals surface area contributed by atoms with Gasteiger partial charge in [0.2, 0.25) is 10.0 Å². The Morgan fingerprint density at radius 3 is 2.19 bits per heavy atom. The van der Waals surface area contributed by atoms with Crippen molar-refractivity contribution in [3.63, 3.8) is 0 Å². The van der Waals surface area contributed by atoms with Crippen LogP contribution in [-0.4, -0.2) is 33.0 Å². The van der Waals surface area contributed by atoms with Gasteiger partial charge < -0.3 is 10.6 Å². The van der Waals surface area contributed by atoms with Crippen LogP contribution in [-0.2, 0) is 10.0 Å². The van der Waals surface area contributed by atoms with Gasteiger partial charge in [0.05, 0.1) is 17.5 Å². The second-order valence-electron chi connectivity index (χ2n) is 6.56. The summed E-state index contributed by atoms with van der Waals surface area (Å²) in [5, 5.41) is 5.55. The number of carbonyl (C=O) groups is 2. The normalized spacial score (nSPS) is 11.1. The lowest BCUT2D eigenvalue weighted by atomic mass is 10.1. The van der Waals surface area contributed by atoms with Gasteiger partial charge in [-0.2, -0.15) is 0 Å². The number of anilines is 2. The van der Waals surface area contributed by atoms with Gasteiger partial charge in [0, 0.05) is 17.8 Å². The molecule has 0 saturated heterocycles. The van der Waals surface area contributed by atoms with E-state index in [-0.39, 0.29) is 5.91 Å². The Morgan fingerprint density at radius 1 is 0.963 bits per heavy atom. The maximum absolute atomic E-state index is 12.5. The molecule has 2 aromatic rings. The number of sulfonamides is 1. The molecule has 0 aliphatic heterocycles. The molecule has 8 heteroatoms. The van der Waals surface area contributed by atoms with Crippen LogP contribution in [0.3, 0.4) is 0 Å². The Labute approximate surface area is 159 Å². The minimum Gasteiger partial charge on any atom is -0.352 e. The molecule has 0 radical (unpaired) electrons. The van der Waals surface area contributed by atoms with Crippen molar-refractivity contribution in [3.05, 3.63) is 59.7 Å². The van der Waals surface area contributed by atoms with Crippen molar-refractivity contribution in [2.75, 3.05) is 22.8 Å². The summed E-state index contributed by atoms with van der Waals surface area (Å²) in [4.78, 5) is 24.8. The lowest BCUT2D eigenvalue weighted by Gasteiger charge is -2.13.